The maximum atomic E-state index is 11.6. The summed E-state index contributed by atoms with van der Waals surface area (Å²) in [6.45, 7) is 0. The van der Waals surface area contributed by atoms with Gasteiger partial charge in [-0.3, -0.25) is 4.99 Å². The molecule has 0 aliphatic carbocycles. The highest BCUT2D eigenvalue weighted by atomic mass is 35.5. The lowest BCUT2D eigenvalue weighted by molar-refractivity contribution is 0.386. The van der Waals surface area contributed by atoms with Gasteiger partial charge in [-0.1, -0.05) is 18.2 Å². The molecule has 1 aromatic heterocycles. The quantitative estimate of drug-likeness (QED) is 0.844. The number of hydrogen-bond donors (Lipinski definition) is 1. The Morgan fingerprint density at radius 3 is 3.06 bits per heavy atom. The molecule has 0 spiro atoms. The van der Waals surface area contributed by atoms with E-state index in [0.717, 1.165) is 16.8 Å². The summed E-state index contributed by atoms with van der Waals surface area (Å²) in [5.41, 5.74) is 3.38. The van der Waals surface area contributed by atoms with Gasteiger partial charge in [0.05, 0.1) is 22.8 Å². The minimum absolute atomic E-state index is 0.198. The molecule has 0 amide bonds. The number of nitrogens with one attached hydrogen (secondary N) is 1. The maximum Gasteiger partial charge on any atom is 0.364 e. The summed E-state index contributed by atoms with van der Waals surface area (Å²) in [7, 11) is 0. The van der Waals surface area contributed by atoms with Gasteiger partial charge in [-0.15, -0.1) is 11.6 Å². The number of aromatic amines is 1. The number of nitrogens with zero attached hydrogens (tertiary/aromatic N) is 1. The molecule has 2 heterocycles. The second-order valence-electron chi connectivity index (χ2n) is 3.89. The first-order chi connectivity index (χ1) is 8.79. The highest BCUT2D eigenvalue weighted by Crippen LogP contribution is 2.32. The summed E-state index contributed by atoms with van der Waals surface area (Å²) in [5, 5.41) is 2.51. The molecule has 3 rings (SSSR count). The summed E-state index contributed by atoms with van der Waals surface area (Å²) < 4.78 is 4.73. The Balaban J connectivity index is 2.12. The Bertz CT molecular complexity index is 710. The predicted molar refractivity (Wildman–Crippen MR) is 71.4 cm³/mol. The van der Waals surface area contributed by atoms with Crippen LogP contribution < -0.4 is 5.63 Å². The molecule has 1 aliphatic heterocycles. The third-order valence-electron chi connectivity index (χ3n) is 2.80. The Morgan fingerprint density at radius 1 is 1.39 bits per heavy atom. The number of alkyl halides is 1. The highest BCUT2D eigenvalue weighted by Gasteiger charge is 2.14. The third-order valence-corrected chi connectivity index (χ3v) is 3.07. The van der Waals surface area contributed by atoms with Gasteiger partial charge in [0.25, 0.3) is 0 Å². The number of aromatic nitrogens is 1. The van der Waals surface area contributed by atoms with Crippen LogP contribution in [0.15, 0.2) is 38.6 Å². The molecule has 0 bridgehead atoms. The van der Waals surface area contributed by atoms with Crippen molar-refractivity contribution in [2.75, 3.05) is 0 Å². The molecule has 0 saturated heterocycles. The highest BCUT2D eigenvalue weighted by molar-refractivity contribution is 6.21. The first-order valence-corrected chi connectivity index (χ1v) is 5.94. The Morgan fingerprint density at radius 2 is 2.22 bits per heavy atom. The van der Waals surface area contributed by atoms with Crippen LogP contribution in [0.2, 0.25) is 0 Å². The van der Waals surface area contributed by atoms with E-state index in [1.165, 1.54) is 0 Å². The van der Waals surface area contributed by atoms with E-state index < -0.39 is 5.63 Å². The number of fused-ring (bicyclic) bond motifs is 1. The fraction of sp³-hybridized carbons (Fsp3) is 0.0769. The van der Waals surface area contributed by atoms with Gasteiger partial charge in [0.2, 0.25) is 0 Å². The van der Waals surface area contributed by atoms with Crippen molar-refractivity contribution in [3.63, 3.8) is 0 Å². The largest absolute Gasteiger partial charge is 0.364 e. The molecule has 1 N–H and O–H groups in total. The number of halogens is 1. The van der Waals surface area contributed by atoms with E-state index in [1.54, 1.807) is 12.3 Å². The zero-order valence-corrected chi connectivity index (χ0v) is 10.1. The van der Waals surface area contributed by atoms with Gasteiger partial charge in [0, 0.05) is 17.4 Å². The molecule has 0 atom stereocenters. The number of aliphatic imine (C=N–C) groups is 1. The average Bonchev–Trinajstić information content (AvgIpc) is 2.96. The Kier molecular flexibility index (Phi) is 2.64. The number of hydrogen-bond acceptors (Lipinski definition) is 3. The molecule has 18 heavy (non-hydrogen) atoms. The van der Waals surface area contributed by atoms with E-state index in [2.05, 4.69) is 10.1 Å². The van der Waals surface area contributed by atoms with Crippen LogP contribution >= 0.6 is 11.6 Å². The molecule has 1 aliphatic rings. The van der Waals surface area contributed by atoms with Crippen LogP contribution in [0.1, 0.15) is 16.8 Å². The monoisotopic (exact) mass is 260 g/mol. The lowest BCUT2D eigenvalue weighted by Crippen LogP contribution is -1.98. The predicted octanol–water partition coefficient (Wildman–Crippen LogP) is 2.96. The standard InChI is InChI=1S/C13H9ClN2O2/c14-6-12-10(13(17)18-16-12)5-8-7-15-11-4-2-1-3-9(8)11/h1-5,7,16H,6H2/b8-5-. The second kappa shape index (κ2) is 4.31. The van der Waals surface area contributed by atoms with Crippen LogP contribution in [-0.4, -0.2) is 11.4 Å². The minimum atomic E-state index is -0.420. The van der Waals surface area contributed by atoms with Crippen molar-refractivity contribution in [1.82, 2.24) is 5.16 Å². The molecule has 4 nitrogen and oxygen atoms in total. The third kappa shape index (κ3) is 1.71. The SMILES string of the molecule is O=c1o[nH]c(CCl)c1/C=C1/C=Nc2ccccc21. The molecule has 90 valence electrons. The van der Waals surface area contributed by atoms with Crippen molar-refractivity contribution in [3.8, 4) is 0 Å². The van der Waals surface area contributed by atoms with Gasteiger partial charge < -0.3 is 4.52 Å². The van der Waals surface area contributed by atoms with Crippen molar-refractivity contribution in [2.45, 2.75) is 5.88 Å². The summed E-state index contributed by atoms with van der Waals surface area (Å²) in [6, 6.07) is 7.74. The fourth-order valence-corrected chi connectivity index (χ4v) is 2.09. The average molecular weight is 261 g/mol. The van der Waals surface area contributed by atoms with Crippen LogP contribution in [0.25, 0.3) is 11.6 Å². The smallest absolute Gasteiger partial charge is 0.338 e. The molecule has 2 aromatic rings. The van der Waals surface area contributed by atoms with E-state index >= 15 is 0 Å². The first kappa shape index (κ1) is 11.0. The van der Waals surface area contributed by atoms with Gasteiger partial charge >= 0.3 is 5.63 Å². The fourth-order valence-electron chi connectivity index (χ4n) is 1.90. The molecular formula is C13H9ClN2O2. The molecule has 0 saturated carbocycles. The Labute approximate surface area is 108 Å². The normalized spacial score (nSPS) is 15.3. The minimum Gasteiger partial charge on any atom is -0.338 e. The van der Waals surface area contributed by atoms with Crippen LogP contribution in [0, 0.1) is 0 Å². The van der Waals surface area contributed by atoms with E-state index in [9.17, 15) is 4.79 Å². The van der Waals surface area contributed by atoms with Crippen LogP contribution in [0.4, 0.5) is 5.69 Å². The van der Waals surface area contributed by atoms with E-state index in [1.807, 2.05) is 24.3 Å². The number of rotatable bonds is 2. The van der Waals surface area contributed by atoms with Crippen LogP contribution in [-0.2, 0) is 5.88 Å². The van der Waals surface area contributed by atoms with E-state index in [-0.39, 0.29) is 5.88 Å². The van der Waals surface area contributed by atoms with Gasteiger partial charge in [-0.25, -0.2) is 9.95 Å². The molecule has 5 heteroatoms. The number of allylic oxidation sites excluding steroid dienone is 1. The summed E-state index contributed by atoms with van der Waals surface area (Å²) in [5.74, 6) is 0.198. The summed E-state index contributed by atoms with van der Waals surface area (Å²) in [4.78, 5) is 15.8. The zero-order valence-electron chi connectivity index (χ0n) is 9.31. The number of H-pyrrole nitrogens is 1. The molecule has 1 aromatic carbocycles. The molecular weight excluding hydrogens is 252 g/mol. The molecule has 0 unspecified atom stereocenters. The van der Waals surface area contributed by atoms with Gasteiger partial charge in [-0.05, 0) is 12.1 Å². The summed E-state index contributed by atoms with van der Waals surface area (Å²) in [6.07, 6.45) is 3.48. The lowest BCUT2D eigenvalue weighted by Gasteiger charge is -1.98. The Hall–Kier alpha value is -2.07. The first-order valence-electron chi connectivity index (χ1n) is 5.41. The van der Waals surface area contributed by atoms with Crippen molar-refractivity contribution >= 4 is 35.2 Å². The van der Waals surface area contributed by atoms with E-state index in [0.29, 0.717) is 11.3 Å². The van der Waals surface area contributed by atoms with Crippen molar-refractivity contribution in [1.29, 1.82) is 0 Å². The topological polar surface area (TPSA) is 58.4 Å². The second-order valence-corrected chi connectivity index (χ2v) is 4.16. The van der Waals surface area contributed by atoms with Crippen molar-refractivity contribution in [3.05, 3.63) is 51.5 Å². The molecule has 0 radical (unpaired) electrons. The van der Waals surface area contributed by atoms with Gasteiger partial charge in [0.1, 0.15) is 0 Å². The zero-order chi connectivity index (χ0) is 12.5. The van der Waals surface area contributed by atoms with Crippen molar-refractivity contribution in [2.24, 2.45) is 4.99 Å². The lowest BCUT2D eigenvalue weighted by atomic mass is 10.0. The summed E-state index contributed by atoms with van der Waals surface area (Å²) >= 11 is 5.74. The van der Waals surface area contributed by atoms with Crippen molar-refractivity contribution < 1.29 is 4.52 Å². The maximum absolute atomic E-state index is 11.6. The van der Waals surface area contributed by atoms with E-state index in [4.69, 9.17) is 16.1 Å². The van der Waals surface area contributed by atoms with Crippen LogP contribution in [0.5, 0.6) is 0 Å². The number of para-hydroxylation sites is 1. The number of benzene rings is 1. The van der Waals surface area contributed by atoms with Gasteiger partial charge in [0.15, 0.2) is 0 Å². The van der Waals surface area contributed by atoms with Crippen LogP contribution in [0.3, 0.4) is 0 Å². The van der Waals surface area contributed by atoms with Gasteiger partial charge in [-0.2, -0.15) is 0 Å². The molecule has 0 fully saturated rings.